The van der Waals surface area contributed by atoms with E-state index in [2.05, 4.69) is 21.0 Å². The summed E-state index contributed by atoms with van der Waals surface area (Å²) in [5, 5.41) is 12.8. The zero-order valence-electron chi connectivity index (χ0n) is 10.3. The van der Waals surface area contributed by atoms with E-state index in [1.54, 1.807) is 13.0 Å². The molecule has 5 nitrogen and oxygen atoms in total. The van der Waals surface area contributed by atoms with Gasteiger partial charge >= 0.3 is 5.97 Å². The van der Waals surface area contributed by atoms with Crippen molar-refractivity contribution >= 4 is 21.9 Å². The van der Waals surface area contributed by atoms with Crippen molar-refractivity contribution in [3.05, 3.63) is 55.9 Å². The van der Waals surface area contributed by atoms with Crippen LogP contribution < -0.4 is 5.43 Å². The molecule has 0 fully saturated rings. The summed E-state index contributed by atoms with van der Waals surface area (Å²) in [6.45, 7) is 3.49. The molecule has 98 valence electrons. The maximum absolute atomic E-state index is 11.7. The van der Waals surface area contributed by atoms with Crippen LogP contribution in [0, 0.1) is 13.8 Å². The third kappa shape index (κ3) is 2.58. The molecule has 1 aromatic carbocycles. The quantitative estimate of drug-likeness (QED) is 0.920. The Hall–Kier alpha value is -1.95. The SMILES string of the molecule is Cc1cc(-n2cc(C)c(=O)c(C(=O)O)n2)ccc1Br. The van der Waals surface area contributed by atoms with Gasteiger partial charge in [-0.25, -0.2) is 9.48 Å². The lowest BCUT2D eigenvalue weighted by Crippen LogP contribution is -2.23. The average Bonchev–Trinajstić information content (AvgIpc) is 2.35. The number of rotatable bonds is 2. The van der Waals surface area contributed by atoms with Crippen LogP contribution in [0.3, 0.4) is 0 Å². The molecule has 1 aromatic heterocycles. The van der Waals surface area contributed by atoms with Gasteiger partial charge in [-0.05, 0) is 37.6 Å². The van der Waals surface area contributed by atoms with Crippen LogP contribution in [0.1, 0.15) is 21.6 Å². The summed E-state index contributed by atoms with van der Waals surface area (Å²) >= 11 is 3.39. The molecule has 0 aliphatic carbocycles. The van der Waals surface area contributed by atoms with Crippen LogP contribution in [-0.2, 0) is 0 Å². The van der Waals surface area contributed by atoms with E-state index in [0.717, 1.165) is 10.0 Å². The first kappa shape index (κ1) is 13.5. The van der Waals surface area contributed by atoms with Crippen molar-refractivity contribution in [3.63, 3.8) is 0 Å². The molecule has 1 heterocycles. The van der Waals surface area contributed by atoms with Gasteiger partial charge in [-0.3, -0.25) is 4.79 Å². The molecule has 0 unspecified atom stereocenters. The van der Waals surface area contributed by atoms with Crippen LogP contribution in [0.15, 0.2) is 33.7 Å². The number of hydrogen-bond acceptors (Lipinski definition) is 3. The number of aromatic nitrogens is 2. The third-order valence-electron chi connectivity index (χ3n) is 2.71. The minimum atomic E-state index is -1.32. The van der Waals surface area contributed by atoms with Gasteiger partial charge in [0.25, 0.3) is 0 Å². The van der Waals surface area contributed by atoms with Gasteiger partial charge in [-0.15, -0.1) is 0 Å². The predicted octanol–water partition coefficient (Wildman–Crippen LogP) is 2.31. The Bertz CT molecular complexity index is 722. The maximum Gasteiger partial charge on any atom is 0.360 e. The molecule has 0 amide bonds. The monoisotopic (exact) mass is 322 g/mol. The molecule has 2 aromatic rings. The van der Waals surface area contributed by atoms with E-state index in [-0.39, 0.29) is 0 Å². The highest BCUT2D eigenvalue weighted by molar-refractivity contribution is 9.10. The standard InChI is InChI=1S/C13H11BrN2O3/c1-7-5-9(3-4-10(7)14)16-6-8(2)12(17)11(15-16)13(18)19/h3-6H,1-2H3,(H,18,19). The molecule has 0 saturated carbocycles. The molecule has 1 N–H and O–H groups in total. The van der Waals surface area contributed by atoms with Crippen LogP contribution in [-0.4, -0.2) is 20.9 Å². The van der Waals surface area contributed by atoms with Gasteiger partial charge in [0.2, 0.25) is 11.1 Å². The first-order valence-corrected chi connectivity index (χ1v) is 6.30. The molecule has 0 radical (unpaired) electrons. The van der Waals surface area contributed by atoms with Crippen LogP contribution >= 0.6 is 15.9 Å². The third-order valence-corrected chi connectivity index (χ3v) is 3.60. The molecular weight excluding hydrogens is 312 g/mol. The van der Waals surface area contributed by atoms with Crippen molar-refractivity contribution in [1.82, 2.24) is 9.78 Å². The number of carboxylic acids is 1. The second kappa shape index (κ2) is 4.97. The number of benzene rings is 1. The first-order chi connectivity index (χ1) is 8.90. The number of halogens is 1. The lowest BCUT2D eigenvalue weighted by Gasteiger charge is -2.09. The number of carbonyl (C=O) groups is 1. The zero-order chi connectivity index (χ0) is 14.2. The second-order valence-electron chi connectivity index (χ2n) is 4.17. The molecule has 19 heavy (non-hydrogen) atoms. The Kier molecular flexibility index (Phi) is 3.53. The Morgan fingerprint density at radius 3 is 2.58 bits per heavy atom. The van der Waals surface area contributed by atoms with Crippen molar-refractivity contribution in [3.8, 4) is 5.69 Å². The maximum atomic E-state index is 11.7. The fourth-order valence-corrected chi connectivity index (χ4v) is 1.90. The second-order valence-corrected chi connectivity index (χ2v) is 5.03. The van der Waals surface area contributed by atoms with Crippen LogP contribution in [0.25, 0.3) is 5.69 Å². The fraction of sp³-hybridized carbons (Fsp3) is 0.154. The number of carboxylic acid groups (broad SMARTS) is 1. The van der Waals surface area contributed by atoms with E-state index in [0.29, 0.717) is 11.3 Å². The van der Waals surface area contributed by atoms with E-state index in [9.17, 15) is 9.59 Å². The van der Waals surface area contributed by atoms with Crippen molar-refractivity contribution in [2.24, 2.45) is 0 Å². The number of nitrogens with zero attached hydrogens (tertiary/aromatic N) is 2. The van der Waals surface area contributed by atoms with Crippen LogP contribution in [0.5, 0.6) is 0 Å². The Morgan fingerprint density at radius 2 is 2.00 bits per heavy atom. The highest BCUT2D eigenvalue weighted by Crippen LogP contribution is 2.19. The van der Waals surface area contributed by atoms with Gasteiger partial charge in [0.15, 0.2) is 0 Å². The molecule has 0 aliphatic heterocycles. The van der Waals surface area contributed by atoms with E-state index in [4.69, 9.17) is 5.11 Å². The van der Waals surface area contributed by atoms with Crippen LogP contribution in [0.2, 0.25) is 0 Å². The Morgan fingerprint density at radius 1 is 1.32 bits per heavy atom. The summed E-state index contributed by atoms with van der Waals surface area (Å²) in [6, 6.07) is 5.49. The van der Waals surface area contributed by atoms with Gasteiger partial charge < -0.3 is 5.11 Å². The van der Waals surface area contributed by atoms with E-state index in [1.165, 1.54) is 10.9 Å². The lowest BCUT2D eigenvalue weighted by molar-refractivity contribution is 0.0686. The van der Waals surface area contributed by atoms with E-state index < -0.39 is 17.1 Å². The van der Waals surface area contributed by atoms with Gasteiger partial charge in [-0.2, -0.15) is 5.10 Å². The number of hydrogen-bond donors (Lipinski definition) is 1. The minimum absolute atomic E-state index is 0.341. The van der Waals surface area contributed by atoms with E-state index >= 15 is 0 Å². The normalized spacial score (nSPS) is 10.5. The summed E-state index contributed by atoms with van der Waals surface area (Å²) in [6.07, 6.45) is 1.53. The first-order valence-electron chi connectivity index (χ1n) is 5.50. The molecular formula is C13H11BrN2O3. The average molecular weight is 323 g/mol. The highest BCUT2D eigenvalue weighted by Gasteiger charge is 2.14. The minimum Gasteiger partial charge on any atom is -0.476 e. The summed E-state index contributed by atoms with van der Waals surface area (Å²) in [7, 11) is 0. The molecule has 6 heteroatoms. The van der Waals surface area contributed by atoms with E-state index in [1.807, 2.05) is 19.1 Å². The van der Waals surface area contributed by atoms with Crippen molar-refractivity contribution in [2.75, 3.05) is 0 Å². The summed E-state index contributed by atoms with van der Waals surface area (Å²) in [4.78, 5) is 22.6. The molecule has 0 bridgehead atoms. The zero-order valence-corrected chi connectivity index (χ0v) is 11.9. The summed E-state index contributed by atoms with van der Waals surface area (Å²) in [5.41, 5.74) is 1.00. The fourth-order valence-electron chi connectivity index (χ4n) is 1.65. The Balaban J connectivity index is 2.66. The number of aromatic carboxylic acids is 1. The van der Waals surface area contributed by atoms with Crippen molar-refractivity contribution < 1.29 is 9.90 Å². The molecule has 2 rings (SSSR count). The van der Waals surface area contributed by atoms with Gasteiger partial charge in [0, 0.05) is 16.2 Å². The highest BCUT2D eigenvalue weighted by atomic mass is 79.9. The predicted molar refractivity (Wildman–Crippen MR) is 74.0 cm³/mol. The molecule has 0 saturated heterocycles. The van der Waals surface area contributed by atoms with Gasteiger partial charge in [0.05, 0.1) is 5.69 Å². The molecule has 0 aliphatic rings. The van der Waals surface area contributed by atoms with Gasteiger partial charge in [-0.1, -0.05) is 15.9 Å². The van der Waals surface area contributed by atoms with Crippen molar-refractivity contribution in [2.45, 2.75) is 13.8 Å². The topological polar surface area (TPSA) is 72.2 Å². The van der Waals surface area contributed by atoms with Crippen molar-refractivity contribution in [1.29, 1.82) is 0 Å². The number of aryl methyl sites for hydroxylation is 2. The van der Waals surface area contributed by atoms with Gasteiger partial charge in [0.1, 0.15) is 0 Å². The lowest BCUT2D eigenvalue weighted by atomic mass is 10.2. The largest absolute Gasteiger partial charge is 0.476 e. The summed E-state index contributed by atoms with van der Waals surface area (Å²) in [5.74, 6) is -1.32. The summed E-state index contributed by atoms with van der Waals surface area (Å²) < 4.78 is 2.35. The smallest absolute Gasteiger partial charge is 0.360 e. The Labute approximate surface area is 117 Å². The molecule has 0 atom stereocenters. The van der Waals surface area contributed by atoms with Crippen LogP contribution in [0.4, 0.5) is 0 Å². The molecule has 0 spiro atoms.